The van der Waals surface area contributed by atoms with Crippen LogP contribution in [0.15, 0.2) is 42.5 Å². The van der Waals surface area contributed by atoms with Crippen molar-refractivity contribution in [2.24, 2.45) is 0 Å². The predicted octanol–water partition coefficient (Wildman–Crippen LogP) is 3.21. The van der Waals surface area contributed by atoms with Gasteiger partial charge in [0.2, 0.25) is 5.95 Å². The first-order valence-electron chi connectivity index (χ1n) is 5.92. The van der Waals surface area contributed by atoms with Gasteiger partial charge >= 0.3 is 0 Å². The van der Waals surface area contributed by atoms with Gasteiger partial charge in [-0.2, -0.15) is 0 Å². The molecule has 6 heteroatoms. The van der Waals surface area contributed by atoms with Crippen molar-refractivity contribution in [1.29, 1.82) is 0 Å². The molecule has 0 atom stereocenters. The third kappa shape index (κ3) is 2.16. The Balaban J connectivity index is 2.18. The number of fused-ring (bicyclic) bond motifs is 1. The van der Waals surface area contributed by atoms with E-state index in [4.69, 9.17) is 5.73 Å². The SMILES string of the molecule is Nc1nnc2cc(-c3ccccc3C(F)F)ccc2n1. The lowest BCUT2D eigenvalue weighted by Crippen LogP contribution is -1.98. The van der Waals surface area contributed by atoms with Crippen molar-refractivity contribution in [2.75, 3.05) is 5.73 Å². The fraction of sp³-hybridized carbons (Fsp3) is 0.0714. The van der Waals surface area contributed by atoms with E-state index in [1.54, 1.807) is 36.4 Å². The van der Waals surface area contributed by atoms with Crippen molar-refractivity contribution in [3.63, 3.8) is 0 Å². The van der Waals surface area contributed by atoms with Crippen LogP contribution in [0.1, 0.15) is 12.0 Å². The van der Waals surface area contributed by atoms with Crippen LogP contribution in [0.4, 0.5) is 14.7 Å². The maximum absolute atomic E-state index is 13.0. The number of rotatable bonds is 2. The molecular weight excluding hydrogens is 262 g/mol. The second kappa shape index (κ2) is 4.80. The molecular formula is C14H10F2N4. The summed E-state index contributed by atoms with van der Waals surface area (Å²) in [7, 11) is 0. The molecule has 1 aromatic heterocycles. The molecule has 2 N–H and O–H groups in total. The van der Waals surface area contributed by atoms with Crippen molar-refractivity contribution in [3.05, 3.63) is 48.0 Å². The monoisotopic (exact) mass is 272 g/mol. The highest BCUT2D eigenvalue weighted by molar-refractivity contribution is 5.82. The van der Waals surface area contributed by atoms with Crippen LogP contribution in [0.2, 0.25) is 0 Å². The highest BCUT2D eigenvalue weighted by Gasteiger charge is 2.14. The van der Waals surface area contributed by atoms with E-state index < -0.39 is 6.43 Å². The minimum Gasteiger partial charge on any atom is -0.366 e. The Morgan fingerprint density at radius 1 is 0.950 bits per heavy atom. The summed E-state index contributed by atoms with van der Waals surface area (Å²) in [6.45, 7) is 0. The van der Waals surface area contributed by atoms with Crippen LogP contribution in [0.5, 0.6) is 0 Å². The van der Waals surface area contributed by atoms with Gasteiger partial charge in [0.1, 0.15) is 5.52 Å². The zero-order valence-corrected chi connectivity index (χ0v) is 10.3. The quantitative estimate of drug-likeness (QED) is 0.778. The average Bonchev–Trinajstić information content (AvgIpc) is 2.46. The Bertz CT molecular complexity index is 774. The number of nitrogens with two attached hydrogens (primary N) is 1. The Labute approximate surface area is 113 Å². The van der Waals surface area contributed by atoms with Crippen LogP contribution < -0.4 is 5.73 Å². The smallest absolute Gasteiger partial charge is 0.264 e. The maximum Gasteiger partial charge on any atom is 0.264 e. The van der Waals surface area contributed by atoms with Gasteiger partial charge in [0.05, 0.1) is 5.52 Å². The van der Waals surface area contributed by atoms with Gasteiger partial charge in [0.25, 0.3) is 6.43 Å². The molecule has 0 unspecified atom stereocenters. The molecule has 0 aliphatic carbocycles. The van der Waals surface area contributed by atoms with Gasteiger partial charge in [-0.15, -0.1) is 10.2 Å². The van der Waals surface area contributed by atoms with Gasteiger partial charge in [-0.1, -0.05) is 30.3 Å². The fourth-order valence-corrected chi connectivity index (χ4v) is 2.07. The van der Waals surface area contributed by atoms with Crippen molar-refractivity contribution in [3.8, 4) is 11.1 Å². The molecule has 0 spiro atoms. The lowest BCUT2D eigenvalue weighted by molar-refractivity contribution is 0.152. The van der Waals surface area contributed by atoms with E-state index in [-0.39, 0.29) is 11.5 Å². The van der Waals surface area contributed by atoms with E-state index in [9.17, 15) is 8.78 Å². The highest BCUT2D eigenvalue weighted by Crippen LogP contribution is 2.31. The van der Waals surface area contributed by atoms with Crippen molar-refractivity contribution in [1.82, 2.24) is 15.2 Å². The van der Waals surface area contributed by atoms with Crippen molar-refractivity contribution < 1.29 is 8.78 Å². The summed E-state index contributed by atoms with van der Waals surface area (Å²) >= 11 is 0. The summed E-state index contributed by atoms with van der Waals surface area (Å²) in [5.74, 6) is 0.0817. The number of halogens is 2. The molecule has 2 aromatic carbocycles. The van der Waals surface area contributed by atoms with Crippen molar-refractivity contribution >= 4 is 17.0 Å². The van der Waals surface area contributed by atoms with Gasteiger partial charge in [0.15, 0.2) is 0 Å². The molecule has 3 rings (SSSR count). The first kappa shape index (κ1) is 12.4. The molecule has 0 bridgehead atoms. The molecule has 100 valence electrons. The lowest BCUT2D eigenvalue weighted by Gasteiger charge is -2.09. The summed E-state index contributed by atoms with van der Waals surface area (Å²) < 4.78 is 26.0. The molecule has 0 saturated heterocycles. The van der Waals surface area contributed by atoms with Crippen molar-refractivity contribution in [2.45, 2.75) is 6.43 Å². The van der Waals surface area contributed by atoms with E-state index in [0.29, 0.717) is 22.2 Å². The van der Waals surface area contributed by atoms with Crippen LogP contribution in [-0.4, -0.2) is 15.2 Å². The topological polar surface area (TPSA) is 64.7 Å². The van der Waals surface area contributed by atoms with E-state index in [0.717, 1.165) is 0 Å². The standard InChI is InChI=1S/C14H10F2N4/c15-13(16)10-4-2-1-3-9(10)8-5-6-11-12(7-8)19-20-14(17)18-11/h1-7,13H,(H2,17,18,20). The minimum absolute atomic E-state index is 0.0109. The van der Waals surface area contributed by atoms with Crippen LogP contribution in [0.3, 0.4) is 0 Å². The Kier molecular flexibility index (Phi) is 2.98. The fourth-order valence-electron chi connectivity index (χ4n) is 2.07. The van der Waals surface area contributed by atoms with Gasteiger partial charge in [-0.05, 0) is 23.3 Å². The third-order valence-corrected chi connectivity index (χ3v) is 2.98. The van der Waals surface area contributed by atoms with E-state index >= 15 is 0 Å². The largest absolute Gasteiger partial charge is 0.366 e. The molecule has 4 nitrogen and oxygen atoms in total. The summed E-state index contributed by atoms with van der Waals surface area (Å²) in [6.07, 6.45) is -2.53. The van der Waals surface area contributed by atoms with E-state index in [1.807, 2.05) is 0 Å². The number of nitrogens with zero attached hydrogens (tertiary/aromatic N) is 3. The maximum atomic E-state index is 13.0. The molecule has 3 aromatic rings. The molecule has 0 radical (unpaired) electrons. The summed E-state index contributed by atoms with van der Waals surface area (Å²) in [5, 5.41) is 7.58. The number of aromatic nitrogens is 3. The Morgan fingerprint density at radius 3 is 2.55 bits per heavy atom. The second-order valence-electron chi connectivity index (χ2n) is 4.26. The highest BCUT2D eigenvalue weighted by atomic mass is 19.3. The Morgan fingerprint density at radius 2 is 1.75 bits per heavy atom. The number of anilines is 1. The molecule has 0 saturated carbocycles. The first-order valence-corrected chi connectivity index (χ1v) is 5.92. The molecule has 0 aliphatic rings. The van der Waals surface area contributed by atoms with Gasteiger partial charge in [-0.3, -0.25) is 0 Å². The molecule has 0 amide bonds. The van der Waals surface area contributed by atoms with E-state index in [2.05, 4.69) is 15.2 Å². The first-order chi connectivity index (χ1) is 9.65. The number of hydrogen-bond acceptors (Lipinski definition) is 4. The molecule has 0 fully saturated rings. The molecule has 20 heavy (non-hydrogen) atoms. The van der Waals surface area contributed by atoms with Crippen LogP contribution >= 0.6 is 0 Å². The second-order valence-corrected chi connectivity index (χ2v) is 4.26. The summed E-state index contributed by atoms with van der Waals surface area (Å²) in [5.41, 5.74) is 7.66. The third-order valence-electron chi connectivity index (χ3n) is 2.98. The minimum atomic E-state index is -2.53. The summed E-state index contributed by atoms with van der Waals surface area (Å²) in [4.78, 5) is 4.02. The molecule has 1 heterocycles. The number of hydrogen-bond donors (Lipinski definition) is 1. The van der Waals surface area contributed by atoms with Gasteiger partial charge < -0.3 is 5.73 Å². The summed E-state index contributed by atoms with van der Waals surface area (Å²) in [6, 6.07) is 11.5. The van der Waals surface area contributed by atoms with Gasteiger partial charge in [0, 0.05) is 5.56 Å². The predicted molar refractivity (Wildman–Crippen MR) is 72.1 cm³/mol. The normalized spacial score (nSPS) is 11.2. The van der Waals surface area contributed by atoms with Gasteiger partial charge in [-0.25, -0.2) is 13.8 Å². The number of benzene rings is 2. The van der Waals surface area contributed by atoms with Crippen LogP contribution in [0, 0.1) is 0 Å². The van der Waals surface area contributed by atoms with Crippen LogP contribution in [0.25, 0.3) is 22.2 Å². The van der Waals surface area contributed by atoms with E-state index in [1.165, 1.54) is 6.07 Å². The lowest BCUT2D eigenvalue weighted by atomic mass is 9.99. The zero-order valence-electron chi connectivity index (χ0n) is 10.3. The van der Waals surface area contributed by atoms with Crippen LogP contribution in [-0.2, 0) is 0 Å². The average molecular weight is 272 g/mol. The number of alkyl halides is 2. The number of nitrogen functional groups attached to an aromatic ring is 1. The molecule has 0 aliphatic heterocycles. The Hall–Kier alpha value is -2.63. The zero-order chi connectivity index (χ0) is 14.1.